The topological polar surface area (TPSA) is 69.1 Å². The molecular formula is C14H30N2O. The normalized spacial score (nSPS) is 17.5. The average Bonchev–Trinajstić information content (AvgIpc) is 2.10. The van der Waals surface area contributed by atoms with E-state index >= 15 is 0 Å². The summed E-state index contributed by atoms with van der Waals surface area (Å²) in [4.78, 5) is 10.8. The molecular weight excluding hydrogens is 212 g/mol. The summed E-state index contributed by atoms with van der Waals surface area (Å²) in [6, 6.07) is -0.0886. The Balaban J connectivity index is 3.90. The van der Waals surface area contributed by atoms with Gasteiger partial charge in [0.15, 0.2) is 0 Å². The van der Waals surface area contributed by atoms with E-state index in [0.29, 0.717) is 23.7 Å². The van der Waals surface area contributed by atoms with Gasteiger partial charge in [0.2, 0.25) is 5.91 Å². The third-order valence-corrected chi connectivity index (χ3v) is 3.24. The van der Waals surface area contributed by atoms with Crippen molar-refractivity contribution in [1.82, 2.24) is 0 Å². The van der Waals surface area contributed by atoms with Crippen molar-refractivity contribution in [3.63, 3.8) is 0 Å². The highest BCUT2D eigenvalue weighted by molar-refractivity contribution is 5.74. The van der Waals surface area contributed by atoms with Gasteiger partial charge < -0.3 is 11.5 Å². The van der Waals surface area contributed by atoms with Gasteiger partial charge in [-0.25, -0.2) is 0 Å². The average molecular weight is 242 g/mol. The molecule has 0 radical (unpaired) electrons. The molecule has 0 saturated carbocycles. The van der Waals surface area contributed by atoms with E-state index in [1.807, 2.05) is 0 Å². The fourth-order valence-electron chi connectivity index (χ4n) is 2.34. The van der Waals surface area contributed by atoms with Gasteiger partial charge in [0.1, 0.15) is 0 Å². The predicted octanol–water partition coefficient (Wildman–Crippen LogP) is 2.68. The summed E-state index contributed by atoms with van der Waals surface area (Å²) in [5.41, 5.74) is 11.5. The number of rotatable bonds is 7. The number of hydrogen-bond acceptors (Lipinski definition) is 2. The molecule has 3 heteroatoms. The zero-order valence-corrected chi connectivity index (χ0v) is 12.1. The molecule has 0 fully saturated rings. The van der Waals surface area contributed by atoms with E-state index in [-0.39, 0.29) is 11.9 Å². The van der Waals surface area contributed by atoms with Crippen molar-refractivity contribution < 1.29 is 4.79 Å². The Labute approximate surface area is 106 Å². The molecule has 0 aliphatic rings. The Kier molecular flexibility index (Phi) is 6.76. The van der Waals surface area contributed by atoms with Gasteiger partial charge in [-0.05, 0) is 30.1 Å². The van der Waals surface area contributed by atoms with Gasteiger partial charge in [-0.1, -0.05) is 41.0 Å². The lowest BCUT2D eigenvalue weighted by molar-refractivity contribution is -0.118. The minimum Gasteiger partial charge on any atom is -0.370 e. The SMILES string of the molecule is CC(CCC(C)C(N)CC(N)=O)CC(C)(C)C. The maximum Gasteiger partial charge on any atom is 0.218 e. The summed E-state index contributed by atoms with van der Waals surface area (Å²) in [7, 11) is 0. The van der Waals surface area contributed by atoms with Gasteiger partial charge in [0.25, 0.3) is 0 Å². The first-order chi connectivity index (χ1) is 7.61. The van der Waals surface area contributed by atoms with Crippen LogP contribution >= 0.6 is 0 Å². The molecule has 0 aliphatic carbocycles. The van der Waals surface area contributed by atoms with Crippen LogP contribution in [0.4, 0.5) is 0 Å². The fraction of sp³-hybridized carbons (Fsp3) is 0.929. The molecule has 0 rings (SSSR count). The van der Waals surface area contributed by atoms with Crippen molar-refractivity contribution in [1.29, 1.82) is 0 Å². The first-order valence-corrected chi connectivity index (χ1v) is 6.65. The molecule has 17 heavy (non-hydrogen) atoms. The number of amides is 1. The number of primary amides is 1. The van der Waals surface area contributed by atoms with Crippen LogP contribution in [0.5, 0.6) is 0 Å². The maximum absolute atomic E-state index is 10.8. The van der Waals surface area contributed by atoms with Gasteiger partial charge in [-0.15, -0.1) is 0 Å². The van der Waals surface area contributed by atoms with E-state index in [0.717, 1.165) is 6.42 Å². The van der Waals surface area contributed by atoms with E-state index in [2.05, 4.69) is 34.6 Å². The van der Waals surface area contributed by atoms with Gasteiger partial charge in [-0.2, -0.15) is 0 Å². The molecule has 0 aromatic heterocycles. The van der Waals surface area contributed by atoms with E-state index < -0.39 is 0 Å². The van der Waals surface area contributed by atoms with E-state index in [1.54, 1.807) is 0 Å². The van der Waals surface area contributed by atoms with Crippen molar-refractivity contribution in [2.45, 2.75) is 66.3 Å². The van der Waals surface area contributed by atoms with Gasteiger partial charge in [0, 0.05) is 12.5 Å². The quantitative estimate of drug-likeness (QED) is 0.720. The Hall–Kier alpha value is -0.570. The molecule has 0 spiro atoms. The van der Waals surface area contributed by atoms with Crippen LogP contribution in [0.25, 0.3) is 0 Å². The van der Waals surface area contributed by atoms with Crippen LogP contribution in [0.1, 0.15) is 60.3 Å². The summed E-state index contributed by atoms with van der Waals surface area (Å²) < 4.78 is 0. The van der Waals surface area contributed by atoms with Crippen molar-refractivity contribution in [3.05, 3.63) is 0 Å². The number of carbonyl (C=O) groups is 1. The molecule has 1 amide bonds. The molecule has 3 unspecified atom stereocenters. The Bertz CT molecular complexity index is 233. The highest BCUT2D eigenvalue weighted by Gasteiger charge is 2.19. The minimum absolute atomic E-state index is 0.0886. The van der Waals surface area contributed by atoms with Crippen LogP contribution in [0.2, 0.25) is 0 Å². The van der Waals surface area contributed by atoms with Crippen LogP contribution < -0.4 is 11.5 Å². The third kappa shape index (κ3) is 9.16. The number of carbonyl (C=O) groups excluding carboxylic acids is 1. The van der Waals surface area contributed by atoms with E-state index in [9.17, 15) is 4.79 Å². The van der Waals surface area contributed by atoms with Crippen LogP contribution in [-0.2, 0) is 4.79 Å². The van der Waals surface area contributed by atoms with Crippen molar-refractivity contribution in [3.8, 4) is 0 Å². The lowest BCUT2D eigenvalue weighted by atomic mass is 9.82. The Morgan fingerprint density at radius 2 is 1.71 bits per heavy atom. The Morgan fingerprint density at radius 1 is 1.18 bits per heavy atom. The maximum atomic E-state index is 10.8. The molecule has 3 nitrogen and oxygen atoms in total. The molecule has 0 aromatic carbocycles. The van der Waals surface area contributed by atoms with Gasteiger partial charge in [0.05, 0.1) is 0 Å². The molecule has 3 atom stereocenters. The lowest BCUT2D eigenvalue weighted by Crippen LogP contribution is -2.33. The summed E-state index contributed by atoms with van der Waals surface area (Å²) >= 11 is 0. The molecule has 102 valence electrons. The summed E-state index contributed by atoms with van der Waals surface area (Å²) in [5, 5.41) is 0. The van der Waals surface area contributed by atoms with Crippen LogP contribution in [0, 0.1) is 17.3 Å². The minimum atomic E-state index is -0.299. The zero-order chi connectivity index (χ0) is 13.6. The first kappa shape index (κ1) is 16.4. The lowest BCUT2D eigenvalue weighted by Gasteiger charge is -2.25. The summed E-state index contributed by atoms with van der Waals surface area (Å²) in [5.74, 6) is 0.773. The standard InChI is InChI=1S/C14H30N2O/c1-10(9-14(3,4)5)6-7-11(2)12(15)8-13(16)17/h10-12H,6-9,15H2,1-5H3,(H2,16,17). The van der Waals surface area contributed by atoms with Crippen molar-refractivity contribution >= 4 is 5.91 Å². The second-order valence-corrected chi connectivity index (χ2v) is 6.76. The smallest absolute Gasteiger partial charge is 0.218 e. The number of nitrogens with two attached hydrogens (primary N) is 2. The van der Waals surface area contributed by atoms with Crippen LogP contribution in [0.3, 0.4) is 0 Å². The second kappa shape index (κ2) is 7.00. The predicted molar refractivity (Wildman–Crippen MR) is 73.4 cm³/mol. The van der Waals surface area contributed by atoms with Crippen LogP contribution in [-0.4, -0.2) is 11.9 Å². The largest absolute Gasteiger partial charge is 0.370 e. The first-order valence-electron chi connectivity index (χ1n) is 6.65. The molecule has 0 heterocycles. The highest BCUT2D eigenvalue weighted by Crippen LogP contribution is 2.28. The second-order valence-electron chi connectivity index (χ2n) is 6.76. The van der Waals surface area contributed by atoms with Gasteiger partial charge in [-0.3, -0.25) is 4.79 Å². The van der Waals surface area contributed by atoms with Gasteiger partial charge >= 0.3 is 0 Å². The molecule has 0 bridgehead atoms. The van der Waals surface area contributed by atoms with Crippen molar-refractivity contribution in [2.24, 2.45) is 28.7 Å². The zero-order valence-electron chi connectivity index (χ0n) is 12.1. The van der Waals surface area contributed by atoms with E-state index in [4.69, 9.17) is 11.5 Å². The number of hydrogen-bond donors (Lipinski definition) is 2. The molecule has 0 aliphatic heterocycles. The fourth-order valence-corrected chi connectivity index (χ4v) is 2.34. The van der Waals surface area contributed by atoms with Crippen molar-refractivity contribution in [2.75, 3.05) is 0 Å². The monoisotopic (exact) mass is 242 g/mol. The Morgan fingerprint density at radius 3 is 2.12 bits per heavy atom. The van der Waals surface area contributed by atoms with Crippen LogP contribution in [0.15, 0.2) is 0 Å². The highest BCUT2D eigenvalue weighted by atomic mass is 16.1. The third-order valence-electron chi connectivity index (χ3n) is 3.24. The van der Waals surface area contributed by atoms with E-state index in [1.165, 1.54) is 12.8 Å². The summed E-state index contributed by atoms with van der Waals surface area (Å²) in [6.45, 7) is 11.2. The summed E-state index contributed by atoms with van der Waals surface area (Å²) in [6.07, 6.45) is 3.77. The molecule has 0 saturated heterocycles. The molecule has 0 aromatic rings. The molecule has 4 N–H and O–H groups in total.